The second kappa shape index (κ2) is 4.51. The minimum absolute atomic E-state index is 0.0525. The Morgan fingerprint density at radius 1 is 1.20 bits per heavy atom. The Bertz CT molecular complexity index is 441. The van der Waals surface area contributed by atoms with Gasteiger partial charge in [0.05, 0.1) is 18.4 Å². The number of piperidine rings is 1. The number of ether oxygens (including phenoxy) is 1. The molecule has 4 fully saturated rings. The van der Waals surface area contributed by atoms with Crippen LogP contribution in [0.3, 0.4) is 0 Å². The van der Waals surface area contributed by atoms with Crippen LogP contribution in [0.1, 0.15) is 19.3 Å². The fourth-order valence-electron chi connectivity index (χ4n) is 4.74. The molecule has 0 bridgehead atoms. The molecule has 0 aromatic carbocycles. The molecule has 0 radical (unpaired) electrons. The lowest BCUT2D eigenvalue weighted by Crippen LogP contribution is -2.59. The number of rotatable bonds is 1. The molecule has 1 spiro atoms. The summed E-state index contributed by atoms with van der Waals surface area (Å²) in [7, 11) is 0. The van der Waals surface area contributed by atoms with Gasteiger partial charge in [-0.15, -0.1) is 0 Å². The molecule has 4 aliphatic heterocycles. The predicted octanol–water partition coefficient (Wildman–Crippen LogP) is -0.898. The van der Waals surface area contributed by atoms with E-state index in [1.807, 2.05) is 0 Å². The van der Waals surface area contributed by atoms with E-state index in [2.05, 4.69) is 15.5 Å². The number of carbonyl (C=O) groups excluding carboxylic acids is 2. The van der Waals surface area contributed by atoms with Gasteiger partial charge in [0.15, 0.2) is 0 Å². The summed E-state index contributed by atoms with van der Waals surface area (Å²) in [5.41, 5.74) is -0.134. The fraction of sp³-hybridized carbons (Fsp3) is 0.857. The number of hydrogen-bond acceptors (Lipinski definition) is 5. The lowest BCUT2D eigenvalue weighted by molar-refractivity contribution is -0.129. The van der Waals surface area contributed by atoms with E-state index in [0.717, 1.165) is 52.1 Å². The van der Waals surface area contributed by atoms with Crippen LogP contribution in [0.4, 0.5) is 0 Å². The summed E-state index contributed by atoms with van der Waals surface area (Å²) in [6.07, 6.45) is 2.92. The molecule has 0 aromatic rings. The summed E-state index contributed by atoms with van der Waals surface area (Å²) < 4.78 is 5.54. The lowest BCUT2D eigenvalue weighted by atomic mass is 9.74. The van der Waals surface area contributed by atoms with E-state index in [9.17, 15) is 9.59 Å². The van der Waals surface area contributed by atoms with E-state index in [1.165, 1.54) is 0 Å². The average molecular weight is 279 g/mol. The summed E-state index contributed by atoms with van der Waals surface area (Å²) in [5, 5.41) is 5.92. The highest BCUT2D eigenvalue weighted by Crippen LogP contribution is 2.48. The Labute approximate surface area is 118 Å². The van der Waals surface area contributed by atoms with E-state index < -0.39 is 0 Å². The van der Waals surface area contributed by atoms with E-state index >= 15 is 0 Å². The quantitative estimate of drug-likeness (QED) is 0.609. The molecule has 3 unspecified atom stereocenters. The van der Waals surface area contributed by atoms with Crippen LogP contribution in [0.5, 0.6) is 0 Å². The largest absolute Gasteiger partial charge is 0.380 e. The molecule has 0 aromatic heterocycles. The molecule has 3 atom stereocenters. The topological polar surface area (TPSA) is 70.7 Å². The number of nitrogens with zero attached hydrogens (tertiary/aromatic N) is 1. The molecule has 2 amide bonds. The summed E-state index contributed by atoms with van der Waals surface area (Å²) in [5.74, 6) is -0.429. The normalized spacial score (nSPS) is 40.3. The highest BCUT2D eigenvalue weighted by atomic mass is 16.5. The first kappa shape index (κ1) is 12.7. The third-order valence-corrected chi connectivity index (χ3v) is 5.63. The van der Waals surface area contributed by atoms with Crippen LogP contribution in [0, 0.1) is 11.8 Å². The Hall–Kier alpha value is -0.980. The molecule has 110 valence electrons. The molecular formula is C14H21N3O3. The summed E-state index contributed by atoms with van der Waals surface area (Å²) in [4.78, 5) is 26.8. The SMILES string of the molecule is O=C1NC(=O)C2C1CN(C1CCOC1)C21CCNCC1. The molecule has 6 nitrogen and oxygen atoms in total. The Balaban J connectivity index is 1.71. The molecule has 4 heterocycles. The standard InChI is InChI=1S/C14H21N3O3/c18-12-10-7-17(9-1-6-20-8-9)14(2-4-15-5-3-14)11(10)13(19)16-12/h9-11,15H,1-8H2,(H,16,18,19). The van der Waals surface area contributed by atoms with Gasteiger partial charge in [0.1, 0.15) is 0 Å². The van der Waals surface area contributed by atoms with Crippen molar-refractivity contribution in [2.45, 2.75) is 30.8 Å². The molecule has 0 saturated carbocycles. The maximum Gasteiger partial charge on any atom is 0.232 e. The number of fused-ring (bicyclic) bond motifs is 2. The Morgan fingerprint density at radius 2 is 2.00 bits per heavy atom. The molecule has 4 aliphatic rings. The fourth-order valence-corrected chi connectivity index (χ4v) is 4.74. The van der Waals surface area contributed by atoms with Crippen LogP contribution < -0.4 is 10.6 Å². The van der Waals surface area contributed by atoms with Crippen LogP contribution in [0.15, 0.2) is 0 Å². The predicted molar refractivity (Wildman–Crippen MR) is 70.9 cm³/mol. The van der Waals surface area contributed by atoms with Gasteiger partial charge in [-0.05, 0) is 32.4 Å². The first-order valence-corrected chi connectivity index (χ1v) is 7.62. The van der Waals surface area contributed by atoms with Gasteiger partial charge in [-0.1, -0.05) is 0 Å². The summed E-state index contributed by atoms with van der Waals surface area (Å²) in [6.45, 7) is 4.11. The van der Waals surface area contributed by atoms with Crippen molar-refractivity contribution in [3.8, 4) is 0 Å². The highest BCUT2D eigenvalue weighted by molar-refractivity contribution is 6.06. The third kappa shape index (κ3) is 1.61. The maximum absolute atomic E-state index is 12.3. The van der Waals surface area contributed by atoms with Gasteiger partial charge >= 0.3 is 0 Å². The number of imide groups is 1. The molecule has 4 saturated heterocycles. The van der Waals surface area contributed by atoms with Crippen molar-refractivity contribution in [1.29, 1.82) is 0 Å². The van der Waals surface area contributed by atoms with Gasteiger partial charge in [-0.25, -0.2) is 0 Å². The minimum atomic E-state index is -0.155. The highest BCUT2D eigenvalue weighted by Gasteiger charge is 2.63. The number of hydrogen-bond donors (Lipinski definition) is 2. The summed E-state index contributed by atoms with van der Waals surface area (Å²) >= 11 is 0. The zero-order valence-corrected chi connectivity index (χ0v) is 11.6. The van der Waals surface area contributed by atoms with Gasteiger partial charge in [0, 0.05) is 24.7 Å². The number of amides is 2. The van der Waals surface area contributed by atoms with E-state index in [0.29, 0.717) is 6.04 Å². The van der Waals surface area contributed by atoms with Crippen molar-refractivity contribution in [2.75, 3.05) is 32.8 Å². The van der Waals surface area contributed by atoms with E-state index in [1.54, 1.807) is 0 Å². The number of carbonyl (C=O) groups is 2. The van der Waals surface area contributed by atoms with Crippen molar-refractivity contribution >= 4 is 11.8 Å². The minimum Gasteiger partial charge on any atom is -0.380 e. The number of likely N-dealkylation sites (tertiary alicyclic amines) is 1. The van der Waals surface area contributed by atoms with Crippen molar-refractivity contribution in [3.05, 3.63) is 0 Å². The third-order valence-electron chi connectivity index (χ3n) is 5.63. The first-order chi connectivity index (χ1) is 9.72. The molecular weight excluding hydrogens is 258 g/mol. The zero-order valence-electron chi connectivity index (χ0n) is 11.6. The molecule has 4 rings (SSSR count). The Kier molecular flexibility index (Phi) is 2.87. The van der Waals surface area contributed by atoms with E-state index in [4.69, 9.17) is 4.74 Å². The van der Waals surface area contributed by atoms with Gasteiger partial charge < -0.3 is 10.1 Å². The average Bonchev–Trinajstić information content (AvgIpc) is 3.11. The monoisotopic (exact) mass is 279 g/mol. The van der Waals surface area contributed by atoms with Crippen molar-refractivity contribution in [2.24, 2.45) is 11.8 Å². The van der Waals surface area contributed by atoms with Crippen LogP contribution in [-0.2, 0) is 14.3 Å². The van der Waals surface area contributed by atoms with Gasteiger partial charge in [-0.2, -0.15) is 0 Å². The van der Waals surface area contributed by atoms with E-state index in [-0.39, 0.29) is 29.2 Å². The number of nitrogens with one attached hydrogen (secondary N) is 2. The molecule has 20 heavy (non-hydrogen) atoms. The van der Waals surface area contributed by atoms with Gasteiger partial charge in [-0.3, -0.25) is 19.8 Å². The molecule has 2 N–H and O–H groups in total. The van der Waals surface area contributed by atoms with Gasteiger partial charge in [0.2, 0.25) is 11.8 Å². The molecule has 0 aliphatic carbocycles. The molecule has 6 heteroatoms. The van der Waals surface area contributed by atoms with Crippen molar-refractivity contribution in [1.82, 2.24) is 15.5 Å². The Morgan fingerprint density at radius 3 is 2.70 bits per heavy atom. The van der Waals surface area contributed by atoms with Crippen LogP contribution in [0.2, 0.25) is 0 Å². The first-order valence-electron chi connectivity index (χ1n) is 7.62. The summed E-state index contributed by atoms with van der Waals surface area (Å²) in [6, 6.07) is 0.374. The van der Waals surface area contributed by atoms with Crippen LogP contribution in [-0.4, -0.2) is 61.1 Å². The second-order valence-corrected chi connectivity index (χ2v) is 6.46. The maximum atomic E-state index is 12.3. The lowest BCUT2D eigenvalue weighted by Gasteiger charge is -2.46. The second-order valence-electron chi connectivity index (χ2n) is 6.46. The zero-order chi connectivity index (χ0) is 13.7. The van der Waals surface area contributed by atoms with Gasteiger partial charge in [0.25, 0.3) is 0 Å². The smallest absolute Gasteiger partial charge is 0.232 e. The van der Waals surface area contributed by atoms with Crippen LogP contribution in [0.25, 0.3) is 0 Å². The van der Waals surface area contributed by atoms with Crippen molar-refractivity contribution < 1.29 is 14.3 Å². The van der Waals surface area contributed by atoms with Crippen LogP contribution >= 0.6 is 0 Å². The van der Waals surface area contributed by atoms with Crippen molar-refractivity contribution in [3.63, 3.8) is 0 Å².